The smallest absolute Gasteiger partial charge is 0.0307 e. The maximum Gasteiger partial charge on any atom is -0.0307 e. The van der Waals surface area contributed by atoms with Gasteiger partial charge in [-0.1, -0.05) is 87.0 Å². The minimum Gasteiger partial charge on any atom is -0.0683 e. The largest absolute Gasteiger partial charge is 0.0683 e. The Bertz CT molecular complexity index is 319. The maximum atomic E-state index is 2.18. The molecule has 17 heavy (non-hydrogen) atoms. The van der Waals surface area contributed by atoms with Crippen molar-refractivity contribution in [3.05, 3.63) is 71.8 Å². The molecule has 2 rings (SSSR count). The molecule has 2 aromatic carbocycles. The monoisotopic (exact) mass is 228 g/mol. The van der Waals surface area contributed by atoms with E-state index in [9.17, 15) is 0 Å². The average molecular weight is 228 g/mol. The fourth-order valence-electron chi connectivity index (χ4n) is 1.21. The Labute approximate surface area is 106 Å². The van der Waals surface area contributed by atoms with Gasteiger partial charge in [-0.2, -0.15) is 0 Å². The first kappa shape index (κ1) is 15.4. The van der Waals surface area contributed by atoms with Gasteiger partial charge in [-0.05, 0) is 18.9 Å². The second-order valence-electron chi connectivity index (χ2n) is 3.49. The minimum absolute atomic E-state index is 1.14. The first-order valence-electron chi connectivity index (χ1n) is 6.38. The van der Waals surface area contributed by atoms with E-state index in [1.807, 2.05) is 50.2 Å². The Morgan fingerprint density at radius 1 is 0.706 bits per heavy atom. The van der Waals surface area contributed by atoms with Gasteiger partial charge in [0.25, 0.3) is 0 Å². The lowest BCUT2D eigenvalue weighted by Gasteiger charge is -1.94. The zero-order valence-electron chi connectivity index (χ0n) is 11.5. The van der Waals surface area contributed by atoms with Crippen LogP contribution in [0, 0.1) is 6.92 Å². The van der Waals surface area contributed by atoms with Gasteiger partial charge in [-0.3, -0.25) is 0 Å². The third-order valence-electron chi connectivity index (χ3n) is 2.20. The molecule has 92 valence electrons. The van der Waals surface area contributed by atoms with Crippen LogP contribution in [0.4, 0.5) is 0 Å². The normalized spacial score (nSPS) is 8.24. The van der Waals surface area contributed by atoms with E-state index in [0.29, 0.717) is 0 Å². The molecule has 0 nitrogen and oxygen atoms in total. The highest BCUT2D eigenvalue weighted by Gasteiger charge is 1.84. The van der Waals surface area contributed by atoms with Gasteiger partial charge in [0, 0.05) is 0 Å². The summed E-state index contributed by atoms with van der Waals surface area (Å²) in [5.74, 6) is 0. The second-order valence-corrected chi connectivity index (χ2v) is 3.49. The molecule has 0 aliphatic rings. The lowest BCUT2D eigenvalue weighted by atomic mass is 10.1. The lowest BCUT2D eigenvalue weighted by molar-refractivity contribution is 1.14. The Balaban J connectivity index is 0.000000278. The number of aryl methyl sites for hydroxylation is 2. The van der Waals surface area contributed by atoms with E-state index in [-0.39, 0.29) is 0 Å². The van der Waals surface area contributed by atoms with E-state index in [1.165, 1.54) is 11.1 Å². The predicted octanol–water partition coefficient (Wildman–Crippen LogP) is 5.27. The van der Waals surface area contributed by atoms with Crippen LogP contribution in [-0.2, 0) is 6.42 Å². The van der Waals surface area contributed by atoms with E-state index < -0.39 is 0 Å². The minimum atomic E-state index is 1.14. The zero-order valence-corrected chi connectivity index (χ0v) is 11.5. The van der Waals surface area contributed by atoms with Gasteiger partial charge >= 0.3 is 0 Å². The van der Waals surface area contributed by atoms with Crippen LogP contribution in [0.1, 0.15) is 31.9 Å². The third-order valence-corrected chi connectivity index (χ3v) is 2.20. The second kappa shape index (κ2) is 10.9. The summed E-state index contributed by atoms with van der Waals surface area (Å²) in [6.45, 7) is 8.28. The zero-order chi connectivity index (χ0) is 12.9. The number of rotatable bonds is 1. The van der Waals surface area contributed by atoms with Crippen molar-refractivity contribution in [3.8, 4) is 0 Å². The summed E-state index contributed by atoms with van der Waals surface area (Å²) < 4.78 is 0. The summed E-state index contributed by atoms with van der Waals surface area (Å²) in [7, 11) is 0. The molecular formula is C17H24. The highest BCUT2D eigenvalue weighted by Crippen LogP contribution is 2.02. The van der Waals surface area contributed by atoms with Crippen LogP contribution >= 0.6 is 0 Å². The van der Waals surface area contributed by atoms with E-state index in [4.69, 9.17) is 0 Å². The summed E-state index contributed by atoms with van der Waals surface area (Å²) >= 11 is 0. The van der Waals surface area contributed by atoms with E-state index in [0.717, 1.165) is 6.42 Å². The molecule has 0 aliphatic carbocycles. The highest BCUT2D eigenvalue weighted by molar-refractivity contribution is 5.20. The molecule has 0 aromatic heterocycles. The van der Waals surface area contributed by atoms with Crippen LogP contribution in [-0.4, -0.2) is 0 Å². The molecule has 0 saturated carbocycles. The van der Waals surface area contributed by atoms with Crippen molar-refractivity contribution in [1.82, 2.24) is 0 Å². The third kappa shape index (κ3) is 8.27. The summed E-state index contributed by atoms with van der Waals surface area (Å²) in [4.78, 5) is 0. The molecule has 0 atom stereocenters. The molecule has 0 amide bonds. The van der Waals surface area contributed by atoms with Crippen molar-refractivity contribution in [2.45, 2.75) is 34.1 Å². The summed E-state index contributed by atoms with van der Waals surface area (Å²) in [5, 5.41) is 0. The van der Waals surface area contributed by atoms with Gasteiger partial charge in [0.05, 0.1) is 0 Å². The van der Waals surface area contributed by atoms with Gasteiger partial charge in [0.1, 0.15) is 0 Å². The van der Waals surface area contributed by atoms with Crippen LogP contribution in [0.2, 0.25) is 0 Å². The number of hydrogen-bond acceptors (Lipinski definition) is 0. The average Bonchev–Trinajstić information content (AvgIpc) is 2.44. The van der Waals surface area contributed by atoms with Crippen molar-refractivity contribution in [2.75, 3.05) is 0 Å². The van der Waals surface area contributed by atoms with Crippen molar-refractivity contribution in [3.63, 3.8) is 0 Å². The highest BCUT2D eigenvalue weighted by atomic mass is 13.9. The molecule has 0 radical (unpaired) electrons. The summed E-state index contributed by atoms with van der Waals surface area (Å²) in [5.41, 5.74) is 2.76. The fraction of sp³-hybridized carbons (Fsp3) is 0.294. The van der Waals surface area contributed by atoms with Crippen LogP contribution in [0.5, 0.6) is 0 Å². The van der Waals surface area contributed by atoms with Crippen LogP contribution in [0.15, 0.2) is 60.7 Å². The molecule has 0 saturated heterocycles. The molecule has 0 heteroatoms. The Kier molecular flexibility index (Phi) is 9.94. The fourth-order valence-corrected chi connectivity index (χ4v) is 1.21. The summed E-state index contributed by atoms with van der Waals surface area (Å²) in [6, 6.07) is 20.7. The molecule has 0 fully saturated rings. The first-order chi connectivity index (χ1) is 8.33. The molecule has 0 unspecified atom stereocenters. The van der Waals surface area contributed by atoms with Crippen molar-refractivity contribution in [1.29, 1.82) is 0 Å². The topological polar surface area (TPSA) is 0 Å². The lowest BCUT2D eigenvalue weighted by Crippen LogP contribution is -1.77. The van der Waals surface area contributed by atoms with Crippen LogP contribution in [0.3, 0.4) is 0 Å². The predicted molar refractivity (Wildman–Crippen MR) is 78.3 cm³/mol. The maximum absolute atomic E-state index is 2.18. The Morgan fingerprint density at radius 3 is 1.35 bits per heavy atom. The number of benzene rings is 2. The molecular weight excluding hydrogens is 204 g/mol. The molecule has 2 aromatic rings. The van der Waals surface area contributed by atoms with Crippen LogP contribution < -0.4 is 0 Å². The van der Waals surface area contributed by atoms with E-state index >= 15 is 0 Å². The van der Waals surface area contributed by atoms with Crippen molar-refractivity contribution in [2.24, 2.45) is 0 Å². The van der Waals surface area contributed by atoms with Gasteiger partial charge in [0.2, 0.25) is 0 Å². The summed E-state index contributed by atoms with van der Waals surface area (Å²) in [6.07, 6.45) is 1.14. The standard InChI is InChI=1S/C9H12.C6H6.C2H6/c1-3-9-6-4-8(2)5-7-9;1-2-4-6-5-3-1;1-2/h4-7H,3H2,1-2H3;1-6H;1-2H3. The Morgan fingerprint density at radius 2 is 1.06 bits per heavy atom. The molecule has 0 N–H and O–H groups in total. The molecule has 0 bridgehead atoms. The van der Waals surface area contributed by atoms with Gasteiger partial charge in [-0.25, -0.2) is 0 Å². The first-order valence-corrected chi connectivity index (χ1v) is 6.38. The van der Waals surface area contributed by atoms with E-state index in [2.05, 4.69) is 38.1 Å². The Hall–Kier alpha value is -1.56. The van der Waals surface area contributed by atoms with Gasteiger partial charge in [0.15, 0.2) is 0 Å². The van der Waals surface area contributed by atoms with Crippen LogP contribution in [0.25, 0.3) is 0 Å². The molecule has 0 aliphatic heterocycles. The SMILES string of the molecule is CC.CCc1ccc(C)cc1.c1ccccc1. The molecule has 0 spiro atoms. The van der Waals surface area contributed by atoms with E-state index in [1.54, 1.807) is 0 Å². The molecule has 0 heterocycles. The quantitative estimate of drug-likeness (QED) is 0.623. The van der Waals surface area contributed by atoms with Crippen molar-refractivity contribution < 1.29 is 0 Å². The van der Waals surface area contributed by atoms with Crippen molar-refractivity contribution >= 4 is 0 Å². The van der Waals surface area contributed by atoms with Gasteiger partial charge in [-0.15, -0.1) is 0 Å². The van der Waals surface area contributed by atoms with Gasteiger partial charge < -0.3 is 0 Å². The number of hydrogen-bond donors (Lipinski definition) is 0.